The molecule has 1 aromatic carbocycles. The molecule has 2 rings (SSSR count). The minimum atomic E-state index is 0.122. The predicted octanol–water partition coefficient (Wildman–Crippen LogP) is 1.47. The smallest absolute Gasteiger partial charge is 0.254 e. The first-order valence-electron chi connectivity index (χ1n) is 5.21. The van der Waals surface area contributed by atoms with Gasteiger partial charge in [-0.2, -0.15) is 0 Å². The number of rotatable bonds is 1. The van der Waals surface area contributed by atoms with E-state index in [1.54, 1.807) is 0 Å². The molecule has 0 radical (unpaired) electrons. The van der Waals surface area contributed by atoms with Crippen LogP contribution in [0.5, 0.6) is 0 Å². The number of morpholine rings is 1. The van der Waals surface area contributed by atoms with Gasteiger partial charge in [-0.25, -0.2) is 0 Å². The van der Waals surface area contributed by atoms with Gasteiger partial charge in [0.15, 0.2) is 0 Å². The molecular formula is C12H15NO2. The zero-order valence-corrected chi connectivity index (χ0v) is 8.90. The van der Waals surface area contributed by atoms with Gasteiger partial charge in [0.2, 0.25) is 0 Å². The van der Waals surface area contributed by atoms with Crippen LogP contribution in [-0.2, 0) is 4.74 Å². The van der Waals surface area contributed by atoms with Crippen molar-refractivity contribution in [3.05, 3.63) is 35.4 Å². The molecule has 0 atom stereocenters. The number of carbonyl (C=O) groups is 1. The van der Waals surface area contributed by atoms with E-state index in [9.17, 15) is 4.79 Å². The van der Waals surface area contributed by atoms with E-state index < -0.39 is 0 Å². The zero-order chi connectivity index (χ0) is 10.7. The highest BCUT2D eigenvalue weighted by Crippen LogP contribution is 2.11. The van der Waals surface area contributed by atoms with Gasteiger partial charge in [-0.1, -0.05) is 18.2 Å². The number of nitrogens with zero attached hydrogens (tertiary/aromatic N) is 1. The molecule has 0 bridgehead atoms. The van der Waals surface area contributed by atoms with Gasteiger partial charge >= 0.3 is 0 Å². The monoisotopic (exact) mass is 205 g/mol. The van der Waals surface area contributed by atoms with Crippen LogP contribution in [0.15, 0.2) is 24.3 Å². The Morgan fingerprint density at radius 3 is 2.60 bits per heavy atom. The summed E-state index contributed by atoms with van der Waals surface area (Å²) in [6.45, 7) is 4.67. The van der Waals surface area contributed by atoms with Gasteiger partial charge in [-0.3, -0.25) is 4.79 Å². The maximum Gasteiger partial charge on any atom is 0.254 e. The van der Waals surface area contributed by atoms with Crippen molar-refractivity contribution in [3.8, 4) is 0 Å². The Kier molecular flexibility index (Phi) is 3.02. The number of benzene rings is 1. The number of amides is 1. The largest absolute Gasteiger partial charge is 0.378 e. The average Bonchev–Trinajstić information content (AvgIpc) is 2.30. The van der Waals surface area contributed by atoms with Gasteiger partial charge in [-0.05, 0) is 18.6 Å². The van der Waals surface area contributed by atoms with Gasteiger partial charge in [0.25, 0.3) is 5.91 Å². The van der Waals surface area contributed by atoms with Crippen LogP contribution in [-0.4, -0.2) is 37.1 Å². The first-order valence-corrected chi connectivity index (χ1v) is 5.21. The van der Waals surface area contributed by atoms with Gasteiger partial charge in [-0.15, -0.1) is 0 Å². The molecule has 0 spiro atoms. The second kappa shape index (κ2) is 4.45. The van der Waals surface area contributed by atoms with E-state index in [1.807, 2.05) is 36.1 Å². The van der Waals surface area contributed by atoms with Gasteiger partial charge in [0.1, 0.15) is 0 Å². The standard InChI is InChI=1S/C12H15NO2/c1-10-4-2-3-5-11(10)12(14)13-6-8-15-9-7-13/h2-5H,6-9H2,1H3. The molecular weight excluding hydrogens is 190 g/mol. The van der Waals surface area contributed by atoms with Crippen molar-refractivity contribution in [1.29, 1.82) is 0 Å². The molecule has 1 aromatic rings. The summed E-state index contributed by atoms with van der Waals surface area (Å²) in [6, 6.07) is 7.70. The summed E-state index contributed by atoms with van der Waals surface area (Å²) < 4.78 is 5.22. The van der Waals surface area contributed by atoms with Crippen molar-refractivity contribution in [2.75, 3.05) is 26.3 Å². The van der Waals surface area contributed by atoms with Crippen LogP contribution >= 0.6 is 0 Å². The molecule has 1 heterocycles. The first kappa shape index (κ1) is 10.2. The summed E-state index contributed by atoms with van der Waals surface area (Å²) in [5.41, 5.74) is 1.84. The summed E-state index contributed by atoms with van der Waals surface area (Å²) in [5.74, 6) is 0.122. The van der Waals surface area contributed by atoms with Gasteiger partial charge < -0.3 is 9.64 Å². The SMILES string of the molecule is Cc1ccccc1C(=O)N1CCOCC1. The molecule has 0 unspecified atom stereocenters. The third-order valence-electron chi connectivity index (χ3n) is 2.67. The Bertz CT molecular complexity index is 356. The van der Waals surface area contributed by atoms with Gasteiger partial charge in [0.05, 0.1) is 13.2 Å². The number of carbonyl (C=O) groups excluding carboxylic acids is 1. The fraction of sp³-hybridized carbons (Fsp3) is 0.417. The minimum Gasteiger partial charge on any atom is -0.378 e. The van der Waals surface area contributed by atoms with E-state index in [-0.39, 0.29) is 5.91 Å². The third kappa shape index (κ3) is 2.18. The minimum absolute atomic E-state index is 0.122. The Hall–Kier alpha value is -1.35. The highest BCUT2D eigenvalue weighted by molar-refractivity contribution is 5.95. The predicted molar refractivity (Wildman–Crippen MR) is 57.9 cm³/mol. The Balaban J connectivity index is 2.16. The molecule has 1 aliphatic heterocycles. The van der Waals surface area contributed by atoms with Crippen LogP contribution in [0.4, 0.5) is 0 Å². The molecule has 1 fully saturated rings. The fourth-order valence-electron chi connectivity index (χ4n) is 1.75. The summed E-state index contributed by atoms with van der Waals surface area (Å²) in [5, 5.41) is 0. The topological polar surface area (TPSA) is 29.5 Å². The Morgan fingerprint density at radius 2 is 1.93 bits per heavy atom. The van der Waals surface area contributed by atoms with E-state index in [0.29, 0.717) is 26.3 Å². The second-order valence-corrected chi connectivity index (χ2v) is 3.72. The Labute approximate surface area is 89.7 Å². The summed E-state index contributed by atoms with van der Waals surface area (Å²) in [4.78, 5) is 13.9. The molecule has 0 aromatic heterocycles. The van der Waals surface area contributed by atoms with E-state index in [0.717, 1.165) is 11.1 Å². The van der Waals surface area contributed by atoms with Crippen LogP contribution in [0.25, 0.3) is 0 Å². The number of ether oxygens (including phenoxy) is 1. The highest BCUT2D eigenvalue weighted by Gasteiger charge is 2.19. The molecule has 0 N–H and O–H groups in total. The molecule has 3 heteroatoms. The van der Waals surface area contributed by atoms with Crippen LogP contribution in [0, 0.1) is 6.92 Å². The second-order valence-electron chi connectivity index (χ2n) is 3.72. The molecule has 1 amide bonds. The maximum atomic E-state index is 12.1. The Morgan fingerprint density at radius 1 is 1.27 bits per heavy atom. The lowest BCUT2D eigenvalue weighted by atomic mass is 10.1. The first-order chi connectivity index (χ1) is 7.29. The molecule has 1 aliphatic rings. The van der Waals surface area contributed by atoms with Crippen molar-refractivity contribution in [3.63, 3.8) is 0 Å². The van der Waals surface area contributed by atoms with Gasteiger partial charge in [0, 0.05) is 18.7 Å². The summed E-state index contributed by atoms with van der Waals surface area (Å²) in [6.07, 6.45) is 0. The van der Waals surface area contributed by atoms with Crippen LogP contribution < -0.4 is 0 Å². The lowest BCUT2D eigenvalue weighted by Gasteiger charge is -2.27. The lowest BCUT2D eigenvalue weighted by Crippen LogP contribution is -2.40. The van der Waals surface area contributed by atoms with Crippen LogP contribution in [0.1, 0.15) is 15.9 Å². The molecule has 1 saturated heterocycles. The van der Waals surface area contributed by atoms with E-state index in [1.165, 1.54) is 0 Å². The van der Waals surface area contributed by atoms with Crippen LogP contribution in [0.2, 0.25) is 0 Å². The molecule has 0 aliphatic carbocycles. The summed E-state index contributed by atoms with van der Waals surface area (Å²) in [7, 11) is 0. The van der Waals surface area contributed by atoms with Crippen molar-refractivity contribution < 1.29 is 9.53 Å². The van der Waals surface area contributed by atoms with E-state index in [2.05, 4.69) is 0 Å². The lowest BCUT2D eigenvalue weighted by molar-refractivity contribution is 0.0302. The quantitative estimate of drug-likeness (QED) is 0.694. The molecule has 80 valence electrons. The van der Waals surface area contributed by atoms with Crippen molar-refractivity contribution in [2.45, 2.75) is 6.92 Å². The molecule has 15 heavy (non-hydrogen) atoms. The van der Waals surface area contributed by atoms with Crippen molar-refractivity contribution >= 4 is 5.91 Å². The van der Waals surface area contributed by atoms with E-state index in [4.69, 9.17) is 4.74 Å². The summed E-state index contributed by atoms with van der Waals surface area (Å²) >= 11 is 0. The normalized spacial score (nSPS) is 16.5. The molecule has 0 saturated carbocycles. The van der Waals surface area contributed by atoms with E-state index >= 15 is 0 Å². The number of hydrogen-bond acceptors (Lipinski definition) is 2. The third-order valence-corrected chi connectivity index (χ3v) is 2.67. The number of aryl methyl sites for hydroxylation is 1. The van der Waals surface area contributed by atoms with Crippen LogP contribution in [0.3, 0.4) is 0 Å². The number of hydrogen-bond donors (Lipinski definition) is 0. The fourth-order valence-corrected chi connectivity index (χ4v) is 1.75. The van der Waals surface area contributed by atoms with Crippen molar-refractivity contribution in [1.82, 2.24) is 4.90 Å². The highest BCUT2D eigenvalue weighted by atomic mass is 16.5. The average molecular weight is 205 g/mol. The molecule has 3 nitrogen and oxygen atoms in total. The maximum absolute atomic E-state index is 12.1. The zero-order valence-electron chi connectivity index (χ0n) is 8.90. The van der Waals surface area contributed by atoms with Crippen molar-refractivity contribution in [2.24, 2.45) is 0 Å².